The first-order valence-electron chi connectivity index (χ1n) is 10.0. The number of ether oxygens (including phenoxy) is 2. The van der Waals surface area contributed by atoms with E-state index in [2.05, 4.69) is 29.2 Å². The largest absolute Gasteiger partial charge is 0.490 e. The first kappa shape index (κ1) is 23.0. The number of hydrogen-bond acceptors (Lipinski definition) is 4. The molecule has 0 unspecified atom stereocenters. The van der Waals surface area contributed by atoms with E-state index in [1.54, 1.807) is 0 Å². The summed E-state index contributed by atoms with van der Waals surface area (Å²) in [5.74, 6) is 0.755. The molecular weight excluding hydrogens is 386 g/mol. The highest BCUT2D eigenvalue weighted by molar-refractivity contribution is 5.85. The lowest BCUT2D eigenvalue weighted by Gasteiger charge is -2.41. The molecule has 156 valence electrons. The quantitative estimate of drug-likeness (QED) is 0.449. The first-order chi connectivity index (χ1) is 13.7. The molecule has 0 saturated carbocycles. The van der Waals surface area contributed by atoms with Gasteiger partial charge >= 0.3 is 5.97 Å². The molecule has 0 aromatic heterocycles. The Kier molecular flexibility index (Phi) is 9.23. The Morgan fingerprint density at radius 1 is 1.00 bits per heavy atom. The van der Waals surface area contributed by atoms with E-state index in [4.69, 9.17) is 9.47 Å². The van der Waals surface area contributed by atoms with Crippen molar-refractivity contribution in [3.8, 4) is 5.75 Å². The van der Waals surface area contributed by atoms with Crippen molar-refractivity contribution >= 4 is 18.4 Å². The smallest absolute Gasteiger partial charge is 0.306 e. The normalized spacial score (nSPS) is 16.2. The average Bonchev–Trinajstić information content (AvgIpc) is 2.76. The van der Waals surface area contributed by atoms with Crippen LogP contribution < -0.4 is 4.74 Å². The molecule has 0 aliphatic carbocycles. The van der Waals surface area contributed by atoms with Crippen LogP contribution in [0.4, 0.5) is 0 Å². The Morgan fingerprint density at radius 2 is 1.62 bits per heavy atom. The van der Waals surface area contributed by atoms with Gasteiger partial charge in [0, 0.05) is 38.9 Å². The molecule has 1 saturated heterocycles. The van der Waals surface area contributed by atoms with Gasteiger partial charge in [-0.05, 0) is 17.7 Å². The zero-order valence-electron chi connectivity index (χ0n) is 17.0. The third-order valence-electron chi connectivity index (χ3n) is 5.18. The summed E-state index contributed by atoms with van der Waals surface area (Å²) in [5, 5.41) is 0. The lowest BCUT2D eigenvalue weighted by atomic mass is 9.84. The summed E-state index contributed by atoms with van der Waals surface area (Å²) < 4.78 is 11.6. The van der Waals surface area contributed by atoms with E-state index in [-0.39, 0.29) is 18.4 Å². The van der Waals surface area contributed by atoms with Crippen LogP contribution in [0.2, 0.25) is 0 Å². The van der Waals surface area contributed by atoms with Gasteiger partial charge in [0.05, 0.1) is 0 Å². The van der Waals surface area contributed by atoms with E-state index in [1.807, 2.05) is 55.5 Å². The molecule has 1 fully saturated rings. The minimum atomic E-state index is -0.495. The molecule has 4 nitrogen and oxygen atoms in total. The maximum atomic E-state index is 12.0. The molecule has 0 bridgehead atoms. The van der Waals surface area contributed by atoms with Crippen LogP contribution in [0.1, 0.15) is 31.7 Å². The van der Waals surface area contributed by atoms with E-state index in [0.29, 0.717) is 13.0 Å². The number of benzene rings is 2. The van der Waals surface area contributed by atoms with E-state index in [1.165, 1.54) is 0 Å². The maximum absolute atomic E-state index is 12.0. The molecular formula is C24H30ClNO3. The van der Waals surface area contributed by atoms with E-state index in [0.717, 1.165) is 43.8 Å². The molecule has 1 heterocycles. The second-order valence-corrected chi connectivity index (χ2v) is 7.08. The molecule has 1 aliphatic heterocycles. The topological polar surface area (TPSA) is 38.8 Å². The Bertz CT molecular complexity index is 756. The van der Waals surface area contributed by atoms with Crippen molar-refractivity contribution in [1.82, 2.24) is 4.90 Å². The Morgan fingerprint density at radius 3 is 2.24 bits per heavy atom. The van der Waals surface area contributed by atoms with Gasteiger partial charge in [-0.25, -0.2) is 0 Å². The van der Waals surface area contributed by atoms with Crippen LogP contribution in [0.15, 0.2) is 72.8 Å². The molecule has 29 heavy (non-hydrogen) atoms. The van der Waals surface area contributed by atoms with E-state index in [9.17, 15) is 4.79 Å². The predicted octanol–water partition coefficient (Wildman–Crippen LogP) is 4.99. The van der Waals surface area contributed by atoms with Crippen LogP contribution in [0.25, 0.3) is 0 Å². The summed E-state index contributed by atoms with van der Waals surface area (Å²) >= 11 is 0. The number of halogens is 1. The fourth-order valence-corrected chi connectivity index (χ4v) is 3.53. The number of likely N-dealkylation sites (tertiary alicyclic amines) is 1. The lowest BCUT2D eigenvalue weighted by Crippen LogP contribution is -2.45. The fraction of sp³-hybridized carbons (Fsp3) is 0.375. The third kappa shape index (κ3) is 6.62. The highest BCUT2D eigenvalue weighted by Gasteiger charge is 2.39. The first-order valence-corrected chi connectivity index (χ1v) is 10.0. The number of esters is 1. The van der Waals surface area contributed by atoms with Crippen LogP contribution >= 0.6 is 12.4 Å². The third-order valence-corrected chi connectivity index (χ3v) is 5.18. The summed E-state index contributed by atoms with van der Waals surface area (Å²) in [7, 11) is 0. The van der Waals surface area contributed by atoms with Crippen molar-refractivity contribution < 1.29 is 14.3 Å². The van der Waals surface area contributed by atoms with Crippen LogP contribution in [0.3, 0.4) is 0 Å². The second-order valence-electron chi connectivity index (χ2n) is 7.08. The lowest BCUT2D eigenvalue weighted by molar-refractivity contribution is -0.166. The molecule has 2 aromatic rings. The van der Waals surface area contributed by atoms with Gasteiger partial charge in [0.25, 0.3) is 0 Å². The summed E-state index contributed by atoms with van der Waals surface area (Å²) in [6, 6.07) is 20.0. The zero-order chi connectivity index (χ0) is 19.7. The van der Waals surface area contributed by atoms with E-state index >= 15 is 0 Å². The van der Waals surface area contributed by atoms with Gasteiger partial charge in [0.15, 0.2) is 0 Å². The standard InChI is InChI=1S/C24H29NO3.ClH/c1-2-23(26)28-24(21-11-5-3-6-12-21)15-18-25(19-16-24)17-9-10-20-27-22-13-7-4-8-14-22;/h3-14H,2,15-20H2,1H3;1H/b10-9+;. The molecule has 0 radical (unpaired) electrons. The number of piperidine rings is 1. The predicted molar refractivity (Wildman–Crippen MR) is 119 cm³/mol. The Labute approximate surface area is 179 Å². The second kappa shape index (κ2) is 11.6. The number of nitrogens with zero attached hydrogens (tertiary/aromatic N) is 1. The number of hydrogen-bond donors (Lipinski definition) is 0. The molecule has 5 heteroatoms. The molecule has 0 spiro atoms. The Hall–Kier alpha value is -2.30. The summed E-state index contributed by atoms with van der Waals surface area (Å²) in [6.45, 7) is 5.09. The van der Waals surface area contributed by atoms with Crippen molar-refractivity contribution in [3.05, 3.63) is 78.4 Å². The number of rotatable bonds is 8. The van der Waals surface area contributed by atoms with Gasteiger partial charge in [-0.2, -0.15) is 0 Å². The van der Waals surface area contributed by atoms with Crippen LogP contribution in [-0.2, 0) is 15.1 Å². The van der Waals surface area contributed by atoms with Gasteiger partial charge in [0.2, 0.25) is 0 Å². The van der Waals surface area contributed by atoms with Crippen molar-refractivity contribution in [1.29, 1.82) is 0 Å². The van der Waals surface area contributed by atoms with Crippen molar-refractivity contribution in [2.24, 2.45) is 0 Å². The molecule has 0 atom stereocenters. The van der Waals surface area contributed by atoms with Crippen LogP contribution in [-0.4, -0.2) is 37.1 Å². The summed E-state index contributed by atoms with van der Waals surface area (Å²) in [4.78, 5) is 14.4. The van der Waals surface area contributed by atoms with Crippen LogP contribution in [0.5, 0.6) is 5.75 Å². The number of carbonyl (C=O) groups is 1. The highest BCUT2D eigenvalue weighted by atomic mass is 35.5. The molecule has 3 rings (SSSR count). The van der Waals surface area contributed by atoms with Gasteiger partial charge in [0.1, 0.15) is 18.0 Å². The fourth-order valence-electron chi connectivity index (χ4n) is 3.53. The number of carbonyl (C=O) groups excluding carboxylic acids is 1. The van der Waals surface area contributed by atoms with Gasteiger partial charge in [-0.15, -0.1) is 12.4 Å². The van der Waals surface area contributed by atoms with Gasteiger partial charge in [-0.3, -0.25) is 9.69 Å². The zero-order valence-corrected chi connectivity index (χ0v) is 17.8. The molecule has 0 N–H and O–H groups in total. The average molecular weight is 416 g/mol. The maximum Gasteiger partial charge on any atom is 0.306 e. The van der Waals surface area contributed by atoms with Crippen LogP contribution in [0, 0.1) is 0 Å². The van der Waals surface area contributed by atoms with Crippen molar-refractivity contribution in [2.75, 3.05) is 26.2 Å². The van der Waals surface area contributed by atoms with Gasteiger partial charge < -0.3 is 9.47 Å². The minimum absolute atomic E-state index is 0. The van der Waals surface area contributed by atoms with Gasteiger partial charge in [-0.1, -0.05) is 67.6 Å². The summed E-state index contributed by atoms with van der Waals surface area (Å²) in [5.41, 5.74) is 0.605. The molecule has 1 aliphatic rings. The van der Waals surface area contributed by atoms with Crippen molar-refractivity contribution in [2.45, 2.75) is 31.8 Å². The molecule has 2 aromatic carbocycles. The Balaban J connectivity index is 0.00000300. The molecule has 0 amide bonds. The SMILES string of the molecule is CCC(=O)OC1(c2ccccc2)CCN(C/C=C/COc2ccccc2)CC1.Cl. The number of para-hydroxylation sites is 1. The highest BCUT2D eigenvalue weighted by Crippen LogP contribution is 2.37. The monoisotopic (exact) mass is 415 g/mol. The summed E-state index contributed by atoms with van der Waals surface area (Å²) in [6.07, 6.45) is 6.25. The minimum Gasteiger partial charge on any atom is -0.490 e. The van der Waals surface area contributed by atoms with E-state index < -0.39 is 5.60 Å². The van der Waals surface area contributed by atoms with Crippen molar-refractivity contribution in [3.63, 3.8) is 0 Å².